The van der Waals surface area contributed by atoms with Crippen LogP contribution < -0.4 is 20.5 Å². The Balaban J connectivity index is 0.00000264. The van der Waals surface area contributed by atoms with Crippen LogP contribution in [0.2, 0.25) is 0 Å². The lowest BCUT2D eigenvalue weighted by Crippen LogP contribution is -2.51. The molecule has 2 rings (SSSR count). The van der Waals surface area contributed by atoms with E-state index in [4.69, 9.17) is 15.2 Å². The molecule has 5 nitrogen and oxygen atoms in total. The molecule has 0 aromatic heterocycles. The van der Waals surface area contributed by atoms with Crippen molar-refractivity contribution in [2.24, 2.45) is 11.7 Å². The number of carbonyl (C=O) groups is 1. The van der Waals surface area contributed by atoms with Gasteiger partial charge in [-0.2, -0.15) is 0 Å². The number of carbonyl (C=O) groups excluding carboxylic acids is 1. The summed E-state index contributed by atoms with van der Waals surface area (Å²) >= 11 is 0. The molecular weight excluding hydrogens is 323 g/mol. The van der Waals surface area contributed by atoms with E-state index in [0.29, 0.717) is 12.2 Å². The highest BCUT2D eigenvalue weighted by Gasteiger charge is 2.38. The predicted octanol–water partition coefficient (Wildman–Crippen LogP) is 3.11. The highest BCUT2D eigenvalue weighted by atomic mass is 35.5. The number of benzene rings is 1. The van der Waals surface area contributed by atoms with Crippen LogP contribution in [-0.2, 0) is 4.79 Å². The summed E-state index contributed by atoms with van der Waals surface area (Å²) < 4.78 is 24.3. The Bertz CT molecular complexity index is 567. The lowest BCUT2D eigenvalue weighted by atomic mass is 9.74. The van der Waals surface area contributed by atoms with Crippen molar-refractivity contribution in [3.05, 3.63) is 17.9 Å². The molecule has 3 N–H and O–H groups in total. The molecule has 2 atom stereocenters. The van der Waals surface area contributed by atoms with E-state index >= 15 is 0 Å². The van der Waals surface area contributed by atoms with E-state index in [-0.39, 0.29) is 35.7 Å². The number of rotatable bonds is 4. The molecule has 1 aromatic carbocycles. The number of nitrogens with one attached hydrogen (secondary N) is 1. The topological polar surface area (TPSA) is 73.6 Å². The quantitative estimate of drug-likeness (QED) is 0.878. The molecule has 1 fully saturated rings. The van der Waals surface area contributed by atoms with E-state index < -0.39 is 11.4 Å². The van der Waals surface area contributed by atoms with Gasteiger partial charge in [0.25, 0.3) is 0 Å². The molecule has 1 aromatic rings. The number of methoxy groups -OCH3 is 2. The van der Waals surface area contributed by atoms with Crippen molar-refractivity contribution >= 4 is 24.0 Å². The predicted molar refractivity (Wildman–Crippen MR) is 89.9 cm³/mol. The average Bonchev–Trinajstić information content (AvgIpc) is 2.48. The molecule has 1 aliphatic rings. The van der Waals surface area contributed by atoms with Gasteiger partial charge in [-0.3, -0.25) is 4.79 Å². The third-order valence-corrected chi connectivity index (χ3v) is 4.30. The van der Waals surface area contributed by atoms with Gasteiger partial charge < -0.3 is 20.5 Å². The second kappa shape index (κ2) is 7.84. The Morgan fingerprint density at radius 1 is 1.30 bits per heavy atom. The van der Waals surface area contributed by atoms with Crippen LogP contribution in [0.4, 0.5) is 10.1 Å². The zero-order chi connectivity index (χ0) is 16.3. The van der Waals surface area contributed by atoms with Crippen LogP contribution >= 0.6 is 12.4 Å². The first-order valence-electron chi connectivity index (χ1n) is 7.40. The molecule has 23 heavy (non-hydrogen) atoms. The fourth-order valence-electron chi connectivity index (χ4n) is 2.96. The summed E-state index contributed by atoms with van der Waals surface area (Å²) in [5.41, 5.74) is 5.73. The van der Waals surface area contributed by atoms with E-state index in [1.54, 1.807) is 0 Å². The van der Waals surface area contributed by atoms with Gasteiger partial charge in [-0.05, 0) is 19.8 Å². The monoisotopic (exact) mass is 346 g/mol. The molecule has 1 aliphatic carbocycles. The van der Waals surface area contributed by atoms with Gasteiger partial charge in [-0.1, -0.05) is 12.8 Å². The smallest absolute Gasteiger partial charge is 0.229 e. The number of halogens is 2. The van der Waals surface area contributed by atoms with Crippen LogP contribution in [0.25, 0.3) is 0 Å². The highest BCUT2D eigenvalue weighted by molar-refractivity contribution is 5.94. The number of anilines is 1. The van der Waals surface area contributed by atoms with Gasteiger partial charge in [0.05, 0.1) is 25.8 Å². The van der Waals surface area contributed by atoms with Crippen LogP contribution in [0.15, 0.2) is 12.1 Å². The van der Waals surface area contributed by atoms with Crippen molar-refractivity contribution in [3.8, 4) is 11.5 Å². The summed E-state index contributed by atoms with van der Waals surface area (Å²) in [6, 6.07) is 2.61. The van der Waals surface area contributed by atoms with Gasteiger partial charge in [0.2, 0.25) is 5.91 Å². The SMILES string of the molecule is COc1cc(F)c(NC(=O)C2CCCCC2(C)N)cc1OC.Cl. The maximum Gasteiger partial charge on any atom is 0.229 e. The van der Waals surface area contributed by atoms with Gasteiger partial charge in [-0.25, -0.2) is 4.39 Å². The number of ether oxygens (including phenoxy) is 2. The summed E-state index contributed by atoms with van der Waals surface area (Å²) in [7, 11) is 2.89. The standard InChI is InChI=1S/C16H23FN2O3.ClH/c1-16(18)7-5-4-6-10(16)15(20)19-12-9-14(22-3)13(21-2)8-11(12)17;/h8-10H,4-7,18H2,1-3H3,(H,19,20);1H. The van der Waals surface area contributed by atoms with E-state index in [2.05, 4.69) is 5.32 Å². The summed E-state index contributed by atoms with van der Waals surface area (Å²) in [5, 5.41) is 2.63. The van der Waals surface area contributed by atoms with Crippen LogP contribution in [-0.4, -0.2) is 25.7 Å². The van der Waals surface area contributed by atoms with Gasteiger partial charge >= 0.3 is 0 Å². The molecule has 0 radical (unpaired) electrons. The highest BCUT2D eigenvalue weighted by Crippen LogP contribution is 2.35. The Kier molecular flexibility index (Phi) is 6.65. The van der Waals surface area contributed by atoms with Crippen molar-refractivity contribution in [3.63, 3.8) is 0 Å². The largest absolute Gasteiger partial charge is 0.493 e. The van der Waals surface area contributed by atoms with Crippen molar-refractivity contribution in [1.29, 1.82) is 0 Å². The molecule has 1 saturated carbocycles. The third-order valence-electron chi connectivity index (χ3n) is 4.30. The maximum absolute atomic E-state index is 14.1. The summed E-state index contributed by atoms with van der Waals surface area (Å²) in [6.07, 6.45) is 3.48. The minimum absolute atomic E-state index is 0. The first kappa shape index (κ1) is 19.5. The molecule has 0 saturated heterocycles. The molecule has 0 aliphatic heterocycles. The first-order valence-corrected chi connectivity index (χ1v) is 7.40. The number of hydrogen-bond donors (Lipinski definition) is 2. The van der Waals surface area contributed by atoms with Crippen LogP contribution in [0.1, 0.15) is 32.6 Å². The summed E-state index contributed by atoms with van der Waals surface area (Å²) in [4.78, 5) is 12.5. The minimum Gasteiger partial charge on any atom is -0.493 e. The molecule has 0 spiro atoms. The molecule has 1 amide bonds. The fraction of sp³-hybridized carbons (Fsp3) is 0.562. The van der Waals surface area contributed by atoms with Crippen LogP contribution in [0.3, 0.4) is 0 Å². The maximum atomic E-state index is 14.1. The van der Waals surface area contributed by atoms with E-state index in [1.165, 1.54) is 26.4 Å². The zero-order valence-corrected chi connectivity index (χ0v) is 14.5. The molecule has 130 valence electrons. The van der Waals surface area contributed by atoms with Crippen molar-refractivity contribution < 1.29 is 18.7 Å². The van der Waals surface area contributed by atoms with Crippen molar-refractivity contribution in [2.45, 2.75) is 38.1 Å². The summed E-state index contributed by atoms with van der Waals surface area (Å²) in [5.74, 6) is -0.511. The van der Waals surface area contributed by atoms with E-state index in [0.717, 1.165) is 19.3 Å². The zero-order valence-electron chi connectivity index (χ0n) is 13.6. The Hall–Kier alpha value is -1.53. The lowest BCUT2D eigenvalue weighted by molar-refractivity contribution is -0.122. The van der Waals surface area contributed by atoms with Gasteiger partial charge in [-0.15, -0.1) is 12.4 Å². The van der Waals surface area contributed by atoms with Crippen LogP contribution in [0.5, 0.6) is 11.5 Å². The Morgan fingerprint density at radius 3 is 2.48 bits per heavy atom. The normalized spacial score (nSPS) is 23.6. The van der Waals surface area contributed by atoms with Crippen LogP contribution in [0, 0.1) is 11.7 Å². The fourth-order valence-corrected chi connectivity index (χ4v) is 2.96. The van der Waals surface area contributed by atoms with Crippen molar-refractivity contribution in [2.75, 3.05) is 19.5 Å². The van der Waals surface area contributed by atoms with Crippen molar-refractivity contribution in [1.82, 2.24) is 0 Å². The number of amides is 1. The lowest BCUT2D eigenvalue weighted by Gasteiger charge is -2.37. The Labute approximate surface area is 142 Å². The van der Waals surface area contributed by atoms with Gasteiger partial charge in [0, 0.05) is 17.7 Å². The number of nitrogens with two attached hydrogens (primary N) is 1. The van der Waals surface area contributed by atoms with Gasteiger partial charge in [0.15, 0.2) is 17.3 Å². The minimum atomic E-state index is -0.569. The second-order valence-electron chi connectivity index (χ2n) is 5.98. The third kappa shape index (κ3) is 4.26. The molecular formula is C16H24ClFN2O3. The van der Waals surface area contributed by atoms with E-state index in [1.807, 2.05) is 6.92 Å². The Morgan fingerprint density at radius 2 is 1.91 bits per heavy atom. The van der Waals surface area contributed by atoms with E-state index in [9.17, 15) is 9.18 Å². The average molecular weight is 347 g/mol. The second-order valence-corrected chi connectivity index (χ2v) is 5.98. The summed E-state index contributed by atoms with van der Waals surface area (Å²) in [6.45, 7) is 1.88. The number of hydrogen-bond acceptors (Lipinski definition) is 4. The van der Waals surface area contributed by atoms with Gasteiger partial charge in [0.1, 0.15) is 0 Å². The molecule has 0 heterocycles. The molecule has 7 heteroatoms. The first-order chi connectivity index (χ1) is 10.4. The molecule has 0 bridgehead atoms. The molecule has 2 unspecified atom stereocenters.